The third-order valence-electron chi connectivity index (χ3n) is 8.99. The number of methoxy groups -OCH3 is 2. The minimum absolute atomic E-state index is 0.224. The zero-order valence-corrected chi connectivity index (χ0v) is 30.8. The third-order valence-corrected chi connectivity index (χ3v) is 10.7. The van der Waals surface area contributed by atoms with E-state index in [4.69, 9.17) is 19.4 Å². The highest BCUT2D eigenvalue weighted by Gasteiger charge is 2.37. The largest absolute Gasteiger partial charge is 0.494 e. The van der Waals surface area contributed by atoms with Crippen LogP contribution in [0.15, 0.2) is 133 Å². The first kappa shape index (κ1) is 35.0. The highest BCUT2D eigenvalue weighted by atomic mass is 32.1. The summed E-state index contributed by atoms with van der Waals surface area (Å²) in [4.78, 5) is 25.5. The number of aromatic nitrogens is 2. The lowest BCUT2D eigenvalue weighted by Crippen LogP contribution is -2.38. The molecule has 2 heterocycles. The molecule has 0 bridgehead atoms. The van der Waals surface area contributed by atoms with E-state index in [0.29, 0.717) is 28.6 Å². The maximum absolute atomic E-state index is 13.3. The van der Waals surface area contributed by atoms with Crippen LogP contribution >= 0.6 is 22.7 Å². The van der Waals surface area contributed by atoms with E-state index in [9.17, 15) is 4.79 Å². The van der Waals surface area contributed by atoms with Crippen LogP contribution in [0.1, 0.15) is 32.6 Å². The van der Waals surface area contributed by atoms with E-state index >= 15 is 0 Å². The Labute approximate surface area is 311 Å². The van der Waals surface area contributed by atoms with Crippen molar-refractivity contribution in [3.8, 4) is 17.0 Å². The summed E-state index contributed by atoms with van der Waals surface area (Å²) in [5, 5.41) is 10.2. The van der Waals surface area contributed by atoms with Crippen molar-refractivity contribution in [1.82, 2.24) is 14.9 Å². The van der Waals surface area contributed by atoms with Crippen LogP contribution in [0.4, 0.5) is 10.3 Å². The first-order chi connectivity index (χ1) is 25.5. The smallest absolute Gasteiger partial charge is 0.257 e. The summed E-state index contributed by atoms with van der Waals surface area (Å²) < 4.78 is 11.8. The molecule has 52 heavy (non-hydrogen) atoms. The molecule has 0 saturated heterocycles. The number of anilines is 2. The van der Waals surface area contributed by atoms with Crippen LogP contribution in [-0.4, -0.2) is 55.2 Å². The minimum atomic E-state index is -0.700. The van der Waals surface area contributed by atoms with Crippen molar-refractivity contribution >= 4 is 49.1 Å². The molecule has 7 aromatic rings. The number of fused-ring (bicyclic) bond motifs is 1. The van der Waals surface area contributed by atoms with Gasteiger partial charge in [0.15, 0.2) is 10.3 Å². The molecule has 0 fully saturated rings. The van der Waals surface area contributed by atoms with Gasteiger partial charge in [0.05, 0.1) is 24.1 Å². The van der Waals surface area contributed by atoms with Gasteiger partial charge in [0, 0.05) is 36.7 Å². The maximum Gasteiger partial charge on any atom is 0.257 e. The van der Waals surface area contributed by atoms with E-state index < -0.39 is 5.54 Å². The van der Waals surface area contributed by atoms with E-state index in [1.807, 2.05) is 61.6 Å². The van der Waals surface area contributed by atoms with Crippen LogP contribution in [-0.2, 0) is 16.8 Å². The molecule has 7 rings (SSSR count). The lowest BCUT2D eigenvalue weighted by molar-refractivity contribution is 0.102. The van der Waals surface area contributed by atoms with E-state index in [0.717, 1.165) is 56.4 Å². The van der Waals surface area contributed by atoms with Crippen molar-refractivity contribution in [3.63, 3.8) is 0 Å². The monoisotopic (exact) mass is 725 g/mol. The second-order valence-corrected chi connectivity index (χ2v) is 14.3. The first-order valence-electron chi connectivity index (χ1n) is 16.9. The lowest BCUT2D eigenvalue weighted by atomic mass is 9.77. The Kier molecular flexibility index (Phi) is 10.7. The highest BCUT2D eigenvalue weighted by Crippen LogP contribution is 2.43. The molecule has 5 aromatic carbocycles. The van der Waals surface area contributed by atoms with Crippen molar-refractivity contribution in [2.24, 2.45) is 0 Å². The van der Waals surface area contributed by atoms with Gasteiger partial charge in [-0.2, -0.15) is 0 Å². The summed E-state index contributed by atoms with van der Waals surface area (Å²) >= 11 is 2.95. The van der Waals surface area contributed by atoms with Crippen LogP contribution in [0.5, 0.6) is 5.75 Å². The molecule has 0 radical (unpaired) electrons. The summed E-state index contributed by atoms with van der Waals surface area (Å²) in [7, 11) is 5.37. The average molecular weight is 726 g/mol. The fourth-order valence-electron chi connectivity index (χ4n) is 6.37. The van der Waals surface area contributed by atoms with Crippen LogP contribution in [0.25, 0.3) is 21.5 Å². The summed E-state index contributed by atoms with van der Waals surface area (Å²) in [5.74, 6) is 0.403. The first-order valence-corrected chi connectivity index (χ1v) is 18.6. The van der Waals surface area contributed by atoms with Crippen LogP contribution < -0.4 is 15.4 Å². The van der Waals surface area contributed by atoms with Gasteiger partial charge in [-0.1, -0.05) is 114 Å². The van der Waals surface area contributed by atoms with Crippen LogP contribution in [0, 0.1) is 0 Å². The number of nitrogens with zero attached hydrogens (tertiary/aromatic N) is 3. The number of carbonyl (C=O) groups is 1. The molecule has 2 aromatic heterocycles. The molecular weight excluding hydrogens is 687 g/mol. The summed E-state index contributed by atoms with van der Waals surface area (Å²) in [5.41, 5.74) is 6.66. The summed E-state index contributed by atoms with van der Waals surface area (Å²) in [6, 6.07) is 43.0. The number of nitrogens with one attached hydrogen (secondary N) is 2. The lowest BCUT2D eigenvalue weighted by Gasteiger charge is -2.36. The van der Waals surface area contributed by atoms with Gasteiger partial charge in [0.2, 0.25) is 0 Å². The molecular formula is C42H39N5O3S2. The zero-order chi connectivity index (χ0) is 35.9. The van der Waals surface area contributed by atoms with Crippen LogP contribution in [0.3, 0.4) is 0 Å². The minimum Gasteiger partial charge on any atom is -0.494 e. The molecule has 0 aliphatic carbocycles. The van der Waals surface area contributed by atoms with Gasteiger partial charge < -0.3 is 14.8 Å². The number of carbonyl (C=O) groups excluding carboxylic acids is 1. The van der Waals surface area contributed by atoms with Gasteiger partial charge >= 0.3 is 0 Å². The highest BCUT2D eigenvalue weighted by molar-refractivity contribution is 7.23. The normalized spacial score (nSPS) is 11.5. The van der Waals surface area contributed by atoms with Gasteiger partial charge in [-0.15, -0.1) is 11.3 Å². The molecule has 0 aliphatic rings. The Morgan fingerprint density at radius 3 is 1.96 bits per heavy atom. The molecule has 0 atom stereocenters. The van der Waals surface area contributed by atoms with E-state index in [-0.39, 0.29) is 5.91 Å². The van der Waals surface area contributed by atoms with Crippen molar-refractivity contribution in [2.75, 3.05) is 45.1 Å². The van der Waals surface area contributed by atoms with Crippen molar-refractivity contribution in [3.05, 3.63) is 161 Å². The number of hydrogen-bond acceptors (Lipinski definition) is 9. The summed E-state index contributed by atoms with van der Waals surface area (Å²) in [6.07, 6.45) is 0. The molecule has 262 valence electrons. The second-order valence-electron chi connectivity index (χ2n) is 12.4. The molecule has 0 saturated carbocycles. The van der Waals surface area contributed by atoms with Gasteiger partial charge in [-0.3, -0.25) is 15.0 Å². The standard InChI is InChI=1S/C42H39N5O3S2/c1-47(25-26-49-2)27-29-19-21-30(22-20-29)39(48)45-40-44-37-36(50-3)24-23-34(38(37)52-40)35-28-51-41(43-35)46-42(31-13-7-4-8-14-31,32-15-9-5-10-16-32)33-17-11-6-12-18-33/h4-24,28H,25-27H2,1-3H3,(H,43,46)(H,44,45,48). The fourth-order valence-corrected chi connectivity index (χ4v) is 8.13. The van der Waals surface area contributed by atoms with E-state index in [1.165, 1.54) is 11.3 Å². The van der Waals surface area contributed by atoms with E-state index in [1.54, 1.807) is 25.6 Å². The zero-order valence-electron chi connectivity index (χ0n) is 29.2. The molecule has 0 aliphatic heterocycles. The van der Waals surface area contributed by atoms with Gasteiger partial charge in [-0.25, -0.2) is 9.97 Å². The Morgan fingerprint density at radius 2 is 1.38 bits per heavy atom. The Hall–Kier alpha value is -5.39. The molecule has 1 amide bonds. The van der Waals surface area contributed by atoms with Gasteiger partial charge in [0.25, 0.3) is 5.91 Å². The maximum atomic E-state index is 13.3. The third kappa shape index (κ3) is 7.33. The number of hydrogen-bond donors (Lipinski definition) is 2. The van der Waals surface area contributed by atoms with Crippen molar-refractivity contribution < 1.29 is 14.3 Å². The second kappa shape index (κ2) is 15.9. The quantitative estimate of drug-likeness (QED) is 0.108. The predicted molar refractivity (Wildman–Crippen MR) is 213 cm³/mol. The van der Waals surface area contributed by atoms with Crippen molar-refractivity contribution in [1.29, 1.82) is 0 Å². The Morgan fingerprint density at radius 1 is 0.769 bits per heavy atom. The molecule has 0 spiro atoms. The number of rotatable bonds is 14. The van der Waals surface area contributed by atoms with Gasteiger partial charge in [-0.05, 0) is 53.6 Å². The number of likely N-dealkylation sites (N-methyl/N-ethyl adjacent to an activating group) is 1. The predicted octanol–water partition coefficient (Wildman–Crippen LogP) is 9.16. The molecule has 2 N–H and O–H groups in total. The summed E-state index contributed by atoms with van der Waals surface area (Å²) in [6.45, 7) is 2.27. The molecule has 8 nitrogen and oxygen atoms in total. The number of amides is 1. The van der Waals surface area contributed by atoms with Crippen molar-refractivity contribution in [2.45, 2.75) is 12.1 Å². The molecule has 10 heteroatoms. The van der Waals surface area contributed by atoms with Crippen LogP contribution in [0.2, 0.25) is 0 Å². The fraction of sp³-hybridized carbons (Fsp3) is 0.167. The Balaban J connectivity index is 1.19. The number of ether oxygens (including phenoxy) is 2. The SMILES string of the molecule is COCCN(C)Cc1ccc(C(=O)Nc2nc3c(OC)ccc(-c4csc(NC(c5ccccc5)(c5ccccc5)c5ccccc5)n4)c3s2)cc1. The number of benzene rings is 5. The average Bonchev–Trinajstić information content (AvgIpc) is 3.84. The number of thiazole rings is 2. The molecule has 0 unspecified atom stereocenters. The topological polar surface area (TPSA) is 88.6 Å². The van der Waals surface area contributed by atoms with Gasteiger partial charge in [0.1, 0.15) is 16.8 Å². The Bertz CT molecular complexity index is 2140. The van der Waals surface area contributed by atoms with E-state index in [2.05, 4.69) is 93.7 Å².